The largest absolute Gasteiger partial charge is 0.494 e. The first-order valence-corrected chi connectivity index (χ1v) is 10.7. The highest BCUT2D eigenvalue weighted by molar-refractivity contribution is 7.22. The van der Waals surface area contributed by atoms with Gasteiger partial charge in [0.15, 0.2) is 5.13 Å². The molecule has 30 heavy (non-hydrogen) atoms. The van der Waals surface area contributed by atoms with Crippen LogP contribution in [0.25, 0.3) is 10.2 Å². The number of fused-ring (bicyclic) bond motifs is 1. The van der Waals surface area contributed by atoms with Crippen LogP contribution in [0.2, 0.25) is 5.02 Å². The average molecular weight is 447 g/mol. The highest BCUT2D eigenvalue weighted by Gasteiger charge is 2.28. The number of thiazole rings is 1. The third-order valence-corrected chi connectivity index (χ3v) is 6.20. The maximum Gasteiger partial charge on any atom is 0.282 e. The van der Waals surface area contributed by atoms with Crippen molar-refractivity contribution in [3.8, 4) is 5.75 Å². The first-order valence-electron chi connectivity index (χ1n) is 9.48. The van der Waals surface area contributed by atoms with Crippen molar-refractivity contribution in [1.29, 1.82) is 0 Å². The van der Waals surface area contributed by atoms with Crippen LogP contribution >= 0.6 is 22.9 Å². The zero-order chi connectivity index (χ0) is 21.3. The van der Waals surface area contributed by atoms with Gasteiger partial charge in [-0.2, -0.15) is 0 Å². The van der Waals surface area contributed by atoms with Crippen molar-refractivity contribution in [2.24, 2.45) is 0 Å². The summed E-state index contributed by atoms with van der Waals surface area (Å²) in [5.41, 5.74) is 0.694. The molecule has 0 unspecified atom stereocenters. The molecule has 1 saturated heterocycles. The number of carbonyl (C=O) groups is 1. The quantitative estimate of drug-likeness (QED) is 0.430. The molecule has 2 aromatic carbocycles. The Kier molecular flexibility index (Phi) is 5.74. The molecule has 0 bridgehead atoms. The van der Waals surface area contributed by atoms with E-state index in [1.165, 1.54) is 18.2 Å². The van der Waals surface area contributed by atoms with Crippen molar-refractivity contribution in [3.63, 3.8) is 0 Å². The predicted octanol–water partition coefficient (Wildman–Crippen LogP) is 4.22. The summed E-state index contributed by atoms with van der Waals surface area (Å²) in [7, 11) is 0. The lowest BCUT2D eigenvalue weighted by Gasteiger charge is -2.34. The van der Waals surface area contributed by atoms with E-state index in [1.54, 1.807) is 16.2 Å². The SMILES string of the molecule is CCOc1ccc2nc(N3CCN(C(=O)c4cc(Cl)ccc4[N+](=O)[O-])CC3)sc2c1. The number of ether oxygens (including phenoxy) is 1. The molecular weight excluding hydrogens is 428 g/mol. The minimum atomic E-state index is -0.558. The normalized spacial score (nSPS) is 14.2. The molecule has 10 heteroatoms. The highest BCUT2D eigenvalue weighted by Crippen LogP contribution is 2.32. The van der Waals surface area contributed by atoms with Gasteiger partial charge < -0.3 is 14.5 Å². The molecule has 0 spiro atoms. The van der Waals surface area contributed by atoms with Crippen LogP contribution in [0, 0.1) is 10.1 Å². The van der Waals surface area contributed by atoms with Crippen molar-refractivity contribution in [3.05, 3.63) is 57.1 Å². The van der Waals surface area contributed by atoms with E-state index < -0.39 is 4.92 Å². The molecule has 2 heterocycles. The number of carbonyl (C=O) groups excluding carboxylic acids is 1. The fraction of sp³-hybridized carbons (Fsp3) is 0.300. The van der Waals surface area contributed by atoms with Gasteiger partial charge in [0.1, 0.15) is 11.3 Å². The molecule has 0 saturated carbocycles. The number of piperazine rings is 1. The van der Waals surface area contributed by atoms with Crippen molar-refractivity contribution in [2.45, 2.75) is 6.92 Å². The summed E-state index contributed by atoms with van der Waals surface area (Å²) in [5.74, 6) is 0.438. The van der Waals surface area contributed by atoms with E-state index in [1.807, 2.05) is 25.1 Å². The summed E-state index contributed by atoms with van der Waals surface area (Å²) < 4.78 is 6.60. The van der Waals surface area contributed by atoms with Crippen molar-refractivity contribution in [1.82, 2.24) is 9.88 Å². The molecule has 1 amide bonds. The maximum atomic E-state index is 12.9. The van der Waals surface area contributed by atoms with Gasteiger partial charge in [-0.3, -0.25) is 14.9 Å². The number of nitrogens with zero attached hydrogens (tertiary/aromatic N) is 4. The van der Waals surface area contributed by atoms with Crippen molar-refractivity contribution >= 4 is 49.9 Å². The van der Waals surface area contributed by atoms with E-state index in [2.05, 4.69) is 4.90 Å². The summed E-state index contributed by atoms with van der Waals surface area (Å²) in [5, 5.41) is 12.5. The second kappa shape index (κ2) is 8.45. The van der Waals surface area contributed by atoms with Gasteiger partial charge in [-0.05, 0) is 37.3 Å². The van der Waals surface area contributed by atoms with Crippen LogP contribution < -0.4 is 9.64 Å². The molecule has 1 aromatic heterocycles. The molecule has 8 nitrogen and oxygen atoms in total. The number of nitro groups is 1. The number of hydrogen-bond acceptors (Lipinski definition) is 7. The van der Waals surface area contributed by atoms with Gasteiger partial charge in [-0.25, -0.2) is 4.98 Å². The summed E-state index contributed by atoms with van der Waals surface area (Å²) >= 11 is 7.54. The lowest BCUT2D eigenvalue weighted by molar-refractivity contribution is -0.385. The summed E-state index contributed by atoms with van der Waals surface area (Å²) in [6.07, 6.45) is 0. The first-order chi connectivity index (χ1) is 14.5. The van der Waals surface area contributed by atoms with Gasteiger partial charge in [0.2, 0.25) is 0 Å². The number of anilines is 1. The number of benzene rings is 2. The van der Waals surface area contributed by atoms with E-state index >= 15 is 0 Å². The molecule has 0 atom stereocenters. The lowest BCUT2D eigenvalue weighted by atomic mass is 10.1. The van der Waals surface area contributed by atoms with Gasteiger partial charge in [0, 0.05) is 37.3 Å². The number of halogens is 1. The first kappa shape index (κ1) is 20.4. The van der Waals surface area contributed by atoms with Crippen molar-refractivity contribution < 1.29 is 14.5 Å². The molecule has 1 aliphatic rings. The lowest BCUT2D eigenvalue weighted by Crippen LogP contribution is -2.48. The topological polar surface area (TPSA) is 88.8 Å². The van der Waals surface area contributed by atoms with E-state index in [9.17, 15) is 14.9 Å². The summed E-state index contributed by atoms with van der Waals surface area (Å²) in [4.78, 5) is 32.0. The Balaban J connectivity index is 1.48. The number of nitro benzene ring substituents is 1. The minimum Gasteiger partial charge on any atom is -0.494 e. The Bertz CT molecular complexity index is 1110. The smallest absolute Gasteiger partial charge is 0.282 e. The van der Waals surface area contributed by atoms with Gasteiger partial charge in [0.25, 0.3) is 11.6 Å². The predicted molar refractivity (Wildman–Crippen MR) is 117 cm³/mol. The monoisotopic (exact) mass is 446 g/mol. The van der Waals surface area contributed by atoms with E-state index in [0.717, 1.165) is 21.1 Å². The van der Waals surface area contributed by atoms with Gasteiger partial charge in [-0.1, -0.05) is 22.9 Å². The fourth-order valence-electron chi connectivity index (χ4n) is 3.39. The Morgan fingerprint density at radius 2 is 2.00 bits per heavy atom. The maximum absolute atomic E-state index is 12.9. The van der Waals surface area contributed by atoms with E-state index in [0.29, 0.717) is 37.8 Å². The molecule has 0 N–H and O–H groups in total. The van der Waals surface area contributed by atoms with E-state index in [-0.39, 0.29) is 17.2 Å². The van der Waals surface area contributed by atoms with Gasteiger partial charge >= 0.3 is 0 Å². The zero-order valence-corrected chi connectivity index (χ0v) is 17.8. The van der Waals surface area contributed by atoms with Crippen LogP contribution in [-0.4, -0.2) is 53.5 Å². The van der Waals surface area contributed by atoms with Crippen LogP contribution in [0.5, 0.6) is 5.75 Å². The number of aromatic nitrogens is 1. The fourth-order valence-corrected chi connectivity index (χ4v) is 4.61. The number of rotatable bonds is 5. The van der Waals surface area contributed by atoms with Crippen LogP contribution in [-0.2, 0) is 0 Å². The Morgan fingerprint density at radius 1 is 1.23 bits per heavy atom. The molecule has 3 aromatic rings. The molecule has 0 radical (unpaired) electrons. The standard InChI is InChI=1S/C20H19ClN4O4S/c1-2-29-14-4-5-16-18(12-14)30-20(22-16)24-9-7-23(8-10-24)19(26)15-11-13(21)3-6-17(15)25(27)28/h3-6,11-12H,2,7-10H2,1H3. The average Bonchev–Trinajstić information content (AvgIpc) is 3.17. The Hall–Kier alpha value is -2.91. The highest BCUT2D eigenvalue weighted by atomic mass is 35.5. The molecule has 156 valence electrons. The van der Waals surface area contributed by atoms with Crippen molar-refractivity contribution in [2.75, 3.05) is 37.7 Å². The third-order valence-electron chi connectivity index (χ3n) is 4.88. The molecule has 4 rings (SSSR count). The van der Waals surface area contributed by atoms with Gasteiger partial charge in [0.05, 0.1) is 21.7 Å². The minimum absolute atomic E-state index is 0.0180. The van der Waals surface area contributed by atoms with Crippen LogP contribution in [0.1, 0.15) is 17.3 Å². The van der Waals surface area contributed by atoms with Crippen LogP contribution in [0.3, 0.4) is 0 Å². The third kappa shape index (κ3) is 4.03. The van der Waals surface area contributed by atoms with E-state index in [4.69, 9.17) is 21.3 Å². The second-order valence-corrected chi connectivity index (χ2v) is 8.20. The number of amides is 1. The van der Waals surface area contributed by atoms with Crippen LogP contribution in [0.4, 0.5) is 10.8 Å². The molecule has 0 aliphatic carbocycles. The zero-order valence-electron chi connectivity index (χ0n) is 16.2. The molecular formula is C20H19ClN4O4S. The summed E-state index contributed by atoms with van der Waals surface area (Å²) in [6, 6.07) is 9.88. The second-order valence-electron chi connectivity index (χ2n) is 6.76. The number of hydrogen-bond donors (Lipinski definition) is 0. The molecule has 1 aliphatic heterocycles. The molecule has 1 fully saturated rings. The van der Waals surface area contributed by atoms with Crippen LogP contribution in [0.15, 0.2) is 36.4 Å². The van der Waals surface area contributed by atoms with Gasteiger partial charge in [-0.15, -0.1) is 0 Å². The summed E-state index contributed by atoms with van der Waals surface area (Å²) in [6.45, 7) is 4.64. The Labute approximate surface area is 181 Å². The Morgan fingerprint density at radius 3 is 2.70 bits per heavy atom.